The van der Waals surface area contributed by atoms with E-state index in [0.717, 1.165) is 18.1 Å². The van der Waals surface area contributed by atoms with E-state index in [-0.39, 0.29) is 12.4 Å². The number of methoxy groups -OCH3 is 1. The average Bonchev–Trinajstić information content (AvgIpc) is 2.77. The van der Waals surface area contributed by atoms with E-state index in [1.165, 1.54) is 5.56 Å². The number of aromatic nitrogens is 2. The Labute approximate surface area is 112 Å². The Kier molecular flexibility index (Phi) is 5.32. The van der Waals surface area contributed by atoms with Crippen molar-refractivity contribution < 1.29 is 4.74 Å². The van der Waals surface area contributed by atoms with Crippen molar-refractivity contribution in [2.24, 2.45) is 0 Å². The lowest BCUT2D eigenvalue weighted by molar-refractivity contribution is 0.414. The van der Waals surface area contributed by atoms with Gasteiger partial charge in [0.1, 0.15) is 11.6 Å². The van der Waals surface area contributed by atoms with E-state index >= 15 is 0 Å². The predicted octanol–water partition coefficient (Wildman–Crippen LogP) is 3.10. The lowest BCUT2D eigenvalue weighted by atomic mass is 10.2. The molecule has 0 unspecified atom stereocenters. The summed E-state index contributed by atoms with van der Waals surface area (Å²) in [6, 6.07) is 7.98. The Morgan fingerprint density at radius 1 is 1.29 bits per heavy atom. The summed E-state index contributed by atoms with van der Waals surface area (Å²) in [6.45, 7) is 0.784. The second-order valence-corrected chi connectivity index (χ2v) is 3.72. The maximum absolute atomic E-state index is 5.78. The fourth-order valence-corrected chi connectivity index (χ4v) is 1.77. The van der Waals surface area contributed by atoms with Gasteiger partial charge in [0.25, 0.3) is 0 Å². The zero-order valence-corrected chi connectivity index (χ0v) is 11.0. The SMILES string of the molecule is COc1ccc(Cn2ccnc2CCl)cc1.Cl. The van der Waals surface area contributed by atoms with Gasteiger partial charge in [0.2, 0.25) is 0 Å². The number of hydrogen-bond acceptors (Lipinski definition) is 2. The molecule has 0 fully saturated rings. The van der Waals surface area contributed by atoms with Crippen LogP contribution in [-0.4, -0.2) is 16.7 Å². The smallest absolute Gasteiger partial charge is 0.123 e. The topological polar surface area (TPSA) is 27.1 Å². The molecule has 0 aliphatic carbocycles. The van der Waals surface area contributed by atoms with Gasteiger partial charge in [-0.05, 0) is 17.7 Å². The molecule has 2 aromatic rings. The molecular formula is C12H14Cl2N2O. The van der Waals surface area contributed by atoms with Crippen molar-refractivity contribution in [3.63, 3.8) is 0 Å². The second kappa shape index (κ2) is 6.52. The van der Waals surface area contributed by atoms with Crippen LogP contribution in [0.1, 0.15) is 11.4 Å². The lowest BCUT2D eigenvalue weighted by Crippen LogP contribution is -2.02. The van der Waals surface area contributed by atoms with Crippen molar-refractivity contribution in [2.75, 3.05) is 7.11 Å². The Morgan fingerprint density at radius 2 is 2.00 bits per heavy atom. The maximum atomic E-state index is 5.78. The molecule has 2 rings (SSSR count). The monoisotopic (exact) mass is 272 g/mol. The summed E-state index contributed by atoms with van der Waals surface area (Å²) < 4.78 is 7.15. The van der Waals surface area contributed by atoms with E-state index in [0.29, 0.717) is 5.88 Å². The Balaban J connectivity index is 0.00000144. The van der Waals surface area contributed by atoms with Crippen LogP contribution in [0.15, 0.2) is 36.7 Å². The molecule has 0 N–H and O–H groups in total. The summed E-state index contributed by atoms with van der Waals surface area (Å²) >= 11 is 5.78. The number of ether oxygens (including phenoxy) is 1. The molecule has 0 aliphatic heterocycles. The first-order chi connectivity index (χ1) is 7.83. The molecule has 5 heteroatoms. The van der Waals surface area contributed by atoms with Crippen molar-refractivity contribution in [3.8, 4) is 5.75 Å². The van der Waals surface area contributed by atoms with Gasteiger partial charge in [0.15, 0.2) is 0 Å². The molecule has 1 aromatic carbocycles. The van der Waals surface area contributed by atoms with Gasteiger partial charge in [-0.25, -0.2) is 4.98 Å². The maximum Gasteiger partial charge on any atom is 0.123 e. The summed E-state index contributed by atoms with van der Waals surface area (Å²) in [5.41, 5.74) is 1.20. The Morgan fingerprint density at radius 3 is 2.59 bits per heavy atom. The normalized spacial score (nSPS) is 9.76. The van der Waals surface area contributed by atoms with Crippen LogP contribution in [-0.2, 0) is 12.4 Å². The van der Waals surface area contributed by atoms with Crippen LogP contribution < -0.4 is 4.74 Å². The largest absolute Gasteiger partial charge is 0.497 e. The van der Waals surface area contributed by atoms with Crippen LogP contribution in [0.25, 0.3) is 0 Å². The van der Waals surface area contributed by atoms with Crippen molar-refractivity contribution in [3.05, 3.63) is 48.0 Å². The molecule has 0 radical (unpaired) electrons. The minimum atomic E-state index is 0. The number of rotatable bonds is 4. The number of imidazole rings is 1. The van der Waals surface area contributed by atoms with Crippen LogP contribution in [0.3, 0.4) is 0 Å². The summed E-state index contributed by atoms with van der Waals surface area (Å²) in [7, 11) is 1.66. The van der Waals surface area contributed by atoms with Gasteiger partial charge in [-0.15, -0.1) is 24.0 Å². The van der Waals surface area contributed by atoms with Gasteiger partial charge in [-0.2, -0.15) is 0 Å². The number of nitrogens with zero attached hydrogens (tertiary/aromatic N) is 2. The zero-order chi connectivity index (χ0) is 11.4. The van der Waals surface area contributed by atoms with Crippen LogP contribution in [0.4, 0.5) is 0 Å². The lowest BCUT2D eigenvalue weighted by Gasteiger charge is -2.06. The van der Waals surface area contributed by atoms with E-state index in [9.17, 15) is 0 Å². The van der Waals surface area contributed by atoms with Gasteiger partial charge in [0, 0.05) is 18.9 Å². The highest BCUT2D eigenvalue weighted by Gasteiger charge is 2.01. The third-order valence-corrected chi connectivity index (χ3v) is 2.67. The summed E-state index contributed by atoms with van der Waals surface area (Å²) in [6.07, 6.45) is 3.70. The highest BCUT2D eigenvalue weighted by Crippen LogP contribution is 2.13. The summed E-state index contributed by atoms with van der Waals surface area (Å²) in [5.74, 6) is 2.19. The van der Waals surface area contributed by atoms with Gasteiger partial charge in [-0.1, -0.05) is 12.1 Å². The molecule has 0 saturated carbocycles. The van der Waals surface area contributed by atoms with Crippen molar-refractivity contribution in [2.45, 2.75) is 12.4 Å². The standard InChI is InChI=1S/C12H13ClN2O.ClH/c1-16-11-4-2-10(3-5-11)9-15-7-6-14-12(15)8-13;/h2-7H,8-9H2,1H3;1H. The fraction of sp³-hybridized carbons (Fsp3) is 0.250. The quantitative estimate of drug-likeness (QED) is 0.800. The average molecular weight is 273 g/mol. The van der Waals surface area contributed by atoms with Gasteiger partial charge >= 0.3 is 0 Å². The van der Waals surface area contributed by atoms with Crippen molar-refractivity contribution in [1.82, 2.24) is 9.55 Å². The predicted molar refractivity (Wildman–Crippen MR) is 71.1 cm³/mol. The first-order valence-corrected chi connectivity index (χ1v) is 5.56. The Bertz CT molecular complexity index is 454. The van der Waals surface area contributed by atoms with Crippen LogP contribution in [0.2, 0.25) is 0 Å². The molecule has 0 saturated heterocycles. The van der Waals surface area contributed by atoms with Crippen molar-refractivity contribution >= 4 is 24.0 Å². The van der Waals surface area contributed by atoms with E-state index in [4.69, 9.17) is 16.3 Å². The molecule has 3 nitrogen and oxygen atoms in total. The number of alkyl halides is 1. The first-order valence-electron chi connectivity index (χ1n) is 5.02. The third-order valence-electron chi connectivity index (χ3n) is 2.43. The minimum Gasteiger partial charge on any atom is -0.497 e. The number of benzene rings is 1. The van der Waals surface area contributed by atoms with E-state index in [2.05, 4.69) is 4.98 Å². The van der Waals surface area contributed by atoms with Crippen molar-refractivity contribution in [1.29, 1.82) is 0 Å². The first kappa shape index (κ1) is 13.9. The summed E-state index contributed by atoms with van der Waals surface area (Å²) in [5, 5.41) is 0. The number of halogens is 2. The molecule has 0 amide bonds. The molecule has 0 spiro atoms. The zero-order valence-electron chi connectivity index (χ0n) is 9.47. The Hall–Kier alpha value is -1.19. The van der Waals surface area contributed by atoms with Crippen LogP contribution in [0.5, 0.6) is 5.75 Å². The molecule has 92 valence electrons. The molecular weight excluding hydrogens is 259 g/mol. The van der Waals surface area contributed by atoms with Gasteiger partial charge in [-0.3, -0.25) is 0 Å². The molecule has 1 heterocycles. The molecule has 1 aromatic heterocycles. The highest BCUT2D eigenvalue weighted by atomic mass is 35.5. The third kappa shape index (κ3) is 3.38. The fourth-order valence-electron chi connectivity index (χ4n) is 1.54. The summed E-state index contributed by atoms with van der Waals surface area (Å²) in [4.78, 5) is 4.17. The molecule has 0 atom stereocenters. The molecule has 0 aliphatic rings. The molecule has 0 bridgehead atoms. The van der Waals surface area contributed by atoms with Gasteiger partial charge < -0.3 is 9.30 Å². The van der Waals surface area contributed by atoms with Crippen LogP contribution >= 0.6 is 24.0 Å². The van der Waals surface area contributed by atoms with Crippen LogP contribution in [0, 0.1) is 0 Å². The highest BCUT2D eigenvalue weighted by molar-refractivity contribution is 6.16. The minimum absolute atomic E-state index is 0. The van der Waals surface area contributed by atoms with Gasteiger partial charge in [0.05, 0.1) is 13.0 Å². The van der Waals surface area contributed by atoms with E-state index < -0.39 is 0 Å². The molecule has 17 heavy (non-hydrogen) atoms. The number of hydrogen-bond donors (Lipinski definition) is 0. The van der Waals surface area contributed by atoms with E-state index in [1.54, 1.807) is 13.3 Å². The second-order valence-electron chi connectivity index (χ2n) is 3.45. The van der Waals surface area contributed by atoms with E-state index in [1.807, 2.05) is 35.0 Å².